The average Bonchev–Trinajstić information content (AvgIpc) is 3.29. The molecule has 0 aliphatic heterocycles. The summed E-state index contributed by atoms with van der Waals surface area (Å²) in [7, 11) is 0. The Bertz CT molecular complexity index is 1700. The first kappa shape index (κ1) is 56.3. The van der Waals surface area contributed by atoms with Gasteiger partial charge < -0.3 is 65.1 Å². The van der Waals surface area contributed by atoms with Gasteiger partial charge in [-0.3, -0.25) is 24.0 Å². The maximum atomic E-state index is 13.0. The molecule has 0 fully saturated rings. The topological polar surface area (TPSA) is 256 Å². The van der Waals surface area contributed by atoms with Crippen molar-refractivity contribution in [1.82, 2.24) is 31.9 Å². The molecule has 0 saturated heterocycles. The molecule has 0 spiro atoms. The van der Waals surface area contributed by atoms with Crippen molar-refractivity contribution in [2.24, 2.45) is 0 Å². The summed E-state index contributed by atoms with van der Waals surface area (Å²) < 4.78 is 37.5. The molecule has 1 atom stereocenters. The van der Waals surface area contributed by atoms with E-state index in [0.717, 1.165) is 11.1 Å². The third kappa shape index (κ3) is 31.9. The molecule has 20 heteroatoms. The molecule has 0 heterocycles. The van der Waals surface area contributed by atoms with E-state index in [9.17, 15) is 33.6 Å². The second-order valence-corrected chi connectivity index (χ2v) is 15.6. The highest BCUT2D eigenvalue weighted by Gasteiger charge is 2.21. The van der Waals surface area contributed by atoms with Gasteiger partial charge >= 0.3 is 18.2 Å². The van der Waals surface area contributed by atoms with Crippen molar-refractivity contribution in [3.63, 3.8) is 0 Å². The monoisotopic (exact) mass is 930 g/mol. The van der Waals surface area contributed by atoms with Crippen molar-refractivity contribution >= 4 is 41.8 Å². The van der Waals surface area contributed by atoms with Crippen LogP contribution < -0.4 is 31.9 Å². The van der Waals surface area contributed by atoms with Gasteiger partial charge in [0.1, 0.15) is 24.9 Å². The van der Waals surface area contributed by atoms with Gasteiger partial charge in [0.05, 0.1) is 59.3 Å². The van der Waals surface area contributed by atoms with Gasteiger partial charge in [-0.2, -0.15) is 0 Å². The minimum atomic E-state index is -0.879. The normalized spacial score (nSPS) is 11.4. The van der Waals surface area contributed by atoms with Gasteiger partial charge in [0, 0.05) is 52.0 Å². The van der Waals surface area contributed by atoms with E-state index in [4.69, 9.17) is 33.2 Å². The standard InChI is InChI=1S/C46H70N6O14/c1-46(2,3)66-42(56)20-19-41(55)49-24-28-62-31-30-60-26-22-47-39(53)17-18-40(54)48-23-27-61-32-33-63-29-25-50-43(57)38(52-45(59)65-35-37-14-8-5-9-15-37)16-10-11-21-51-44(58)64-34-36-12-6-4-7-13-36/h4-9,12-15,38H,10-11,16-35H2,1-3H3,(H,47,53)(H,48,54)(H,49,55)(H,50,57)(H,51,58)(H,52,59)/t38-/m0/s1. The van der Waals surface area contributed by atoms with E-state index in [1.807, 2.05) is 60.7 Å². The van der Waals surface area contributed by atoms with Gasteiger partial charge in [0.2, 0.25) is 23.6 Å². The molecular weight excluding hydrogens is 861 g/mol. The lowest BCUT2D eigenvalue weighted by Crippen LogP contribution is -2.47. The molecule has 0 aromatic heterocycles. The smallest absolute Gasteiger partial charge is 0.408 e. The zero-order chi connectivity index (χ0) is 48.1. The molecule has 2 rings (SSSR count). The van der Waals surface area contributed by atoms with Crippen LogP contribution in [0.25, 0.3) is 0 Å². The van der Waals surface area contributed by atoms with Crippen LogP contribution in [-0.2, 0) is 70.3 Å². The summed E-state index contributed by atoms with van der Waals surface area (Å²) >= 11 is 0. The number of ether oxygens (including phenoxy) is 7. The number of esters is 1. The first-order chi connectivity index (χ1) is 31.8. The van der Waals surface area contributed by atoms with Crippen LogP contribution in [0.4, 0.5) is 9.59 Å². The van der Waals surface area contributed by atoms with Crippen molar-refractivity contribution in [3.05, 3.63) is 71.8 Å². The molecule has 0 aliphatic carbocycles. The number of rotatable bonds is 35. The van der Waals surface area contributed by atoms with Crippen molar-refractivity contribution < 1.29 is 66.7 Å². The lowest BCUT2D eigenvalue weighted by atomic mass is 10.1. The number of hydrogen-bond donors (Lipinski definition) is 6. The second-order valence-electron chi connectivity index (χ2n) is 15.6. The molecule has 368 valence electrons. The highest BCUT2D eigenvalue weighted by Crippen LogP contribution is 2.09. The fraction of sp³-hybridized carbons (Fsp3) is 0.587. The van der Waals surface area contributed by atoms with Gasteiger partial charge in [0.15, 0.2) is 0 Å². The van der Waals surface area contributed by atoms with Crippen LogP contribution in [0.1, 0.15) is 76.8 Å². The Morgan fingerprint density at radius 1 is 0.485 bits per heavy atom. The number of hydrogen-bond acceptors (Lipinski definition) is 14. The summed E-state index contributed by atoms with van der Waals surface area (Å²) in [6, 6.07) is 17.6. The van der Waals surface area contributed by atoms with Gasteiger partial charge in [-0.15, -0.1) is 0 Å². The van der Waals surface area contributed by atoms with Gasteiger partial charge in [-0.25, -0.2) is 9.59 Å². The number of alkyl carbamates (subject to hydrolysis) is 2. The van der Waals surface area contributed by atoms with Gasteiger partial charge in [-0.05, 0) is 51.2 Å². The third-order valence-electron chi connectivity index (χ3n) is 8.77. The minimum Gasteiger partial charge on any atom is -0.460 e. The molecule has 6 N–H and O–H groups in total. The van der Waals surface area contributed by atoms with Crippen LogP contribution in [0.2, 0.25) is 0 Å². The highest BCUT2D eigenvalue weighted by molar-refractivity contribution is 5.85. The predicted octanol–water partition coefficient (Wildman–Crippen LogP) is 2.81. The molecular formula is C46H70N6O14. The molecule has 2 aromatic rings. The summed E-state index contributed by atoms with van der Waals surface area (Å²) in [4.78, 5) is 85.3. The van der Waals surface area contributed by atoms with Crippen LogP contribution >= 0.6 is 0 Å². The van der Waals surface area contributed by atoms with Crippen LogP contribution in [0.15, 0.2) is 60.7 Å². The summed E-state index contributed by atoms with van der Waals surface area (Å²) in [6.45, 7) is 8.91. The van der Waals surface area contributed by atoms with E-state index in [2.05, 4.69) is 31.9 Å². The molecule has 0 unspecified atom stereocenters. The number of benzene rings is 2. The van der Waals surface area contributed by atoms with Crippen molar-refractivity contribution in [1.29, 1.82) is 0 Å². The van der Waals surface area contributed by atoms with Gasteiger partial charge in [-0.1, -0.05) is 60.7 Å². The number of carbonyl (C=O) groups is 7. The van der Waals surface area contributed by atoms with E-state index in [-0.39, 0.29) is 116 Å². The minimum absolute atomic E-state index is 0.00807. The fourth-order valence-corrected chi connectivity index (χ4v) is 5.52. The van der Waals surface area contributed by atoms with Crippen LogP contribution in [-0.4, -0.2) is 139 Å². The quantitative estimate of drug-likeness (QED) is 0.0330. The summed E-state index contributed by atoms with van der Waals surface area (Å²) in [5, 5.41) is 16.1. The lowest BCUT2D eigenvalue weighted by Gasteiger charge is -2.19. The largest absolute Gasteiger partial charge is 0.460 e. The first-order valence-electron chi connectivity index (χ1n) is 22.3. The molecule has 6 amide bonds. The molecule has 0 saturated carbocycles. The third-order valence-corrected chi connectivity index (χ3v) is 8.77. The molecule has 0 aliphatic rings. The average molecular weight is 931 g/mol. The Morgan fingerprint density at radius 3 is 1.36 bits per heavy atom. The SMILES string of the molecule is CC(C)(C)OC(=O)CCC(=O)NCCOCCOCCNC(=O)CCC(=O)NCCOCCOCCNC(=O)[C@H](CCCCNC(=O)OCc1ccccc1)NC(=O)OCc1ccccc1. The lowest BCUT2D eigenvalue weighted by molar-refractivity contribution is -0.155. The van der Waals surface area contributed by atoms with Crippen molar-refractivity contribution in [2.75, 3.05) is 85.6 Å². The molecule has 20 nitrogen and oxygen atoms in total. The Balaban J connectivity index is 1.46. The number of nitrogens with one attached hydrogen (secondary N) is 6. The Hall–Kier alpha value is -5.83. The zero-order valence-electron chi connectivity index (χ0n) is 38.6. The Labute approximate surface area is 387 Å². The molecule has 66 heavy (non-hydrogen) atoms. The number of amides is 6. The van der Waals surface area contributed by atoms with Crippen LogP contribution in [0, 0.1) is 0 Å². The first-order valence-corrected chi connectivity index (χ1v) is 22.3. The van der Waals surface area contributed by atoms with E-state index in [0.29, 0.717) is 45.6 Å². The second kappa shape index (κ2) is 35.4. The Morgan fingerprint density at radius 2 is 0.909 bits per heavy atom. The van der Waals surface area contributed by atoms with Crippen molar-refractivity contribution in [2.45, 2.75) is 90.6 Å². The maximum Gasteiger partial charge on any atom is 0.408 e. The van der Waals surface area contributed by atoms with Crippen LogP contribution in [0.3, 0.4) is 0 Å². The Kier molecular flexibility index (Phi) is 30.2. The van der Waals surface area contributed by atoms with Crippen molar-refractivity contribution in [3.8, 4) is 0 Å². The van der Waals surface area contributed by atoms with Gasteiger partial charge in [0.25, 0.3) is 0 Å². The fourth-order valence-electron chi connectivity index (χ4n) is 5.52. The molecule has 2 aromatic carbocycles. The summed E-state index contributed by atoms with van der Waals surface area (Å²) in [5.74, 6) is -1.67. The zero-order valence-corrected chi connectivity index (χ0v) is 38.6. The summed E-state index contributed by atoms with van der Waals surface area (Å²) in [6.07, 6.45) is 0.166. The molecule has 0 radical (unpaired) electrons. The molecule has 0 bridgehead atoms. The number of unbranched alkanes of at least 4 members (excludes halogenated alkanes) is 1. The number of carbonyl (C=O) groups excluding carboxylic acids is 7. The van der Waals surface area contributed by atoms with E-state index in [1.54, 1.807) is 20.8 Å². The summed E-state index contributed by atoms with van der Waals surface area (Å²) in [5.41, 5.74) is 1.09. The predicted molar refractivity (Wildman–Crippen MR) is 242 cm³/mol. The van der Waals surface area contributed by atoms with E-state index < -0.39 is 35.7 Å². The van der Waals surface area contributed by atoms with Crippen LogP contribution in [0.5, 0.6) is 0 Å². The van der Waals surface area contributed by atoms with E-state index >= 15 is 0 Å². The highest BCUT2D eigenvalue weighted by atomic mass is 16.6. The van der Waals surface area contributed by atoms with E-state index in [1.165, 1.54) is 0 Å². The maximum absolute atomic E-state index is 13.0.